The lowest BCUT2D eigenvalue weighted by Gasteiger charge is -2.39. The third-order valence-electron chi connectivity index (χ3n) is 9.31. The highest BCUT2D eigenvalue weighted by Crippen LogP contribution is 2.42. The second-order valence-corrected chi connectivity index (χ2v) is 17.7. The number of hydrogen-bond acceptors (Lipinski definition) is 5. The van der Waals surface area contributed by atoms with Gasteiger partial charge in [-0.3, -0.25) is 14.5 Å². The first kappa shape index (κ1) is 30.7. The number of ether oxygens (including phenoxy) is 1. The molecule has 2 aromatic carbocycles. The summed E-state index contributed by atoms with van der Waals surface area (Å²) in [5, 5.41) is 4.86. The zero-order chi connectivity index (χ0) is 30.9. The van der Waals surface area contributed by atoms with Crippen LogP contribution in [0, 0.1) is 0 Å². The molecule has 0 spiro atoms. The minimum absolute atomic E-state index is 0.000884. The zero-order valence-electron chi connectivity index (χ0n) is 26.5. The van der Waals surface area contributed by atoms with E-state index in [9.17, 15) is 9.59 Å². The number of nitrogens with zero attached hydrogens (tertiary/aromatic N) is 4. The van der Waals surface area contributed by atoms with Crippen LogP contribution < -0.4 is 4.74 Å². The van der Waals surface area contributed by atoms with Crippen LogP contribution in [0.1, 0.15) is 68.1 Å². The Bertz CT molecular complexity index is 1560. The van der Waals surface area contributed by atoms with Crippen LogP contribution in [0.5, 0.6) is 5.75 Å². The molecule has 0 bridgehead atoms. The van der Waals surface area contributed by atoms with Gasteiger partial charge in [-0.2, -0.15) is 5.10 Å². The van der Waals surface area contributed by atoms with Crippen molar-refractivity contribution in [1.82, 2.24) is 19.7 Å². The Kier molecular flexibility index (Phi) is 8.63. The average molecular weight is 597 g/mol. The fourth-order valence-electron chi connectivity index (χ4n) is 5.45. The number of amides is 1. The van der Waals surface area contributed by atoms with Crippen molar-refractivity contribution < 1.29 is 14.3 Å². The molecule has 1 aliphatic heterocycles. The Morgan fingerprint density at radius 2 is 1.65 bits per heavy atom. The molecule has 8 heteroatoms. The van der Waals surface area contributed by atoms with Gasteiger partial charge in [-0.1, -0.05) is 64.1 Å². The van der Waals surface area contributed by atoms with E-state index in [4.69, 9.17) is 9.84 Å². The number of hydrogen-bond donors (Lipinski definition) is 1. The lowest BCUT2D eigenvalue weighted by atomic mass is 9.96. The van der Waals surface area contributed by atoms with E-state index in [-0.39, 0.29) is 17.0 Å². The van der Waals surface area contributed by atoms with Crippen LogP contribution in [0.3, 0.4) is 0 Å². The summed E-state index contributed by atoms with van der Waals surface area (Å²) < 4.78 is 7.99. The number of benzene rings is 2. The van der Waals surface area contributed by atoms with Gasteiger partial charge in [0.1, 0.15) is 23.7 Å². The zero-order valence-corrected chi connectivity index (χ0v) is 27.5. The van der Waals surface area contributed by atoms with Crippen LogP contribution in [-0.4, -0.2) is 51.8 Å². The highest BCUT2D eigenvalue weighted by molar-refractivity contribution is 6.72. The molecular weight excluding hydrogens is 552 g/mol. The summed E-state index contributed by atoms with van der Waals surface area (Å²) in [5.74, 6) is 1.23. The number of fused-ring (bicyclic) bond motifs is 1. The van der Waals surface area contributed by atoms with Crippen molar-refractivity contribution in [2.24, 2.45) is 0 Å². The Morgan fingerprint density at radius 3 is 2.26 bits per heavy atom. The molecule has 226 valence electrons. The average Bonchev–Trinajstić information content (AvgIpc) is 3.37. The molecule has 4 aromatic rings. The lowest BCUT2D eigenvalue weighted by Crippen LogP contribution is -2.47. The van der Waals surface area contributed by atoms with Gasteiger partial charge in [0.05, 0.1) is 12.6 Å². The van der Waals surface area contributed by atoms with E-state index in [1.165, 1.54) is 5.56 Å². The molecule has 0 saturated carbocycles. The molecule has 7 nitrogen and oxygen atoms in total. The third-order valence-corrected chi connectivity index (χ3v) is 12.9. The molecule has 5 rings (SSSR count). The molecule has 1 aliphatic rings. The predicted molar refractivity (Wildman–Crippen MR) is 175 cm³/mol. The number of likely N-dealkylation sites (N-methyl/N-ethyl adjacent to an activating group) is 1. The first-order chi connectivity index (χ1) is 20.4. The van der Waals surface area contributed by atoms with Crippen LogP contribution >= 0.6 is 0 Å². The Labute approximate surface area is 256 Å². The molecule has 43 heavy (non-hydrogen) atoms. The molecule has 0 saturated heterocycles. The minimum atomic E-state index is -2.35. The van der Waals surface area contributed by atoms with Gasteiger partial charge in [-0.05, 0) is 77.8 Å². The van der Waals surface area contributed by atoms with Gasteiger partial charge in [0.25, 0.3) is 5.91 Å². The van der Waals surface area contributed by atoms with E-state index in [0.29, 0.717) is 24.8 Å². The second kappa shape index (κ2) is 12.1. The monoisotopic (exact) mass is 596 g/mol. The molecule has 0 fully saturated rings. The summed E-state index contributed by atoms with van der Waals surface area (Å²) >= 11 is 0. The Hall–Kier alpha value is -3.75. The molecule has 3 heterocycles. The van der Waals surface area contributed by atoms with Crippen molar-refractivity contribution >= 4 is 14.2 Å². The molecule has 1 N–H and O–H groups in total. The third kappa shape index (κ3) is 6.45. The quantitative estimate of drug-likeness (QED) is 0.192. The van der Waals surface area contributed by atoms with Gasteiger partial charge in [0.15, 0.2) is 8.32 Å². The van der Waals surface area contributed by atoms with Gasteiger partial charge in [0, 0.05) is 30.6 Å². The maximum absolute atomic E-state index is 14.0. The fraction of sp³-hybridized carbons (Fsp3) is 0.400. The summed E-state index contributed by atoms with van der Waals surface area (Å²) in [4.78, 5) is 30.8. The number of rotatable bonds is 10. The van der Waals surface area contributed by atoms with E-state index in [2.05, 4.69) is 56.9 Å². The molecule has 2 aromatic heterocycles. The normalized spacial score (nSPS) is 15.6. The predicted octanol–water partition coefficient (Wildman–Crippen LogP) is 7.53. The van der Waals surface area contributed by atoms with Crippen molar-refractivity contribution in [3.05, 3.63) is 89.9 Å². The van der Waals surface area contributed by atoms with E-state index < -0.39 is 8.32 Å². The van der Waals surface area contributed by atoms with Crippen molar-refractivity contribution in [1.29, 1.82) is 0 Å². The topological polar surface area (TPSA) is 80.5 Å². The van der Waals surface area contributed by atoms with Crippen molar-refractivity contribution in [3.8, 4) is 28.1 Å². The number of carbonyl (C=O) groups excluding carboxylic acids is 1. The molecular formula is C35H44N4O3Si. The molecule has 0 radical (unpaired) electrons. The van der Waals surface area contributed by atoms with E-state index >= 15 is 0 Å². The van der Waals surface area contributed by atoms with Gasteiger partial charge >= 0.3 is 0 Å². The summed E-state index contributed by atoms with van der Waals surface area (Å²) in [5.41, 5.74) is 6.45. The highest BCUT2D eigenvalue weighted by Gasteiger charge is 2.40. The number of aromatic nitrogens is 3. The van der Waals surface area contributed by atoms with Gasteiger partial charge in [0.2, 0.25) is 0 Å². The number of pyridine rings is 1. The van der Waals surface area contributed by atoms with Crippen LogP contribution in [-0.2, 0) is 13.2 Å². The molecule has 1 unspecified atom stereocenters. The standard InChI is InChI=1S/C35H44N4O3Si/c1-24(2)26-10-8-25(9-11-26)23-42-30-14-12-27(13-15-30)31-32(28-17-20-36-21-18-28)37-39-22-29(38(5)34(40)33(31)39)16-19-35(3,4)43(6,7)41/h8-15,17-18,20-21,24,29,41H,16,19,22-23H2,1-7H3. The first-order valence-electron chi connectivity index (χ1n) is 15.2. The van der Waals surface area contributed by atoms with Crippen LogP contribution in [0.4, 0.5) is 0 Å². The van der Waals surface area contributed by atoms with E-state index in [1.54, 1.807) is 12.4 Å². The van der Waals surface area contributed by atoms with Crippen LogP contribution in [0.2, 0.25) is 18.1 Å². The van der Waals surface area contributed by atoms with Gasteiger partial charge in [-0.25, -0.2) is 0 Å². The van der Waals surface area contributed by atoms with Gasteiger partial charge in [-0.15, -0.1) is 0 Å². The largest absolute Gasteiger partial charge is 0.489 e. The second-order valence-electron chi connectivity index (χ2n) is 13.3. The van der Waals surface area contributed by atoms with Crippen LogP contribution in [0.25, 0.3) is 22.4 Å². The van der Waals surface area contributed by atoms with E-state index in [0.717, 1.165) is 46.5 Å². The molecule has 1 atom stereocenters. The minimum Gasteiger partial charge on any atom is -0.489 e. The van der Waals surface area contributed by atoms with Crippen LogP contribution in [0.15, 0.2) is 73.1 Å². The highest BCUT2D eigenvalue weighted by atomic mass is 28.4. The smallest absolute Gasteiger partial charge is 0.272 e. The maximum Gasteiger partial charge on any atom is 0.272 e. The lowest BCUT2D eigenvalue weighted by molar-refractivity contribution is 0.0630. The summed E-state index contributed by atoms with van der Waals surface area (Å²) in [6.07, 6.45) is 5.15. The Morgan fingerprint density at radius 1 is 1.00 bits per heavy atom. The van der Waals surface area contributed by atoms with Crippen molar-refractivity contribution in [2.75, 3.05) is 7.05 Å². The molecule has 1 amide bonds. The van der Waals surface area contributed by atoms with Crippen molar-refractivity contribution in [3.63, 3.8) is 0 Å². The van der Waals surface area contributed by atoms with Gasteiger partial charge < -0.3 is 14.4 Å². The summed E-state index contributed by atoms with van der Waals surface area (Å²) in [7, 11) is -0.464. The maximum atomic E-state index is 14.0. The number of carbonyl (C=O) groups is 1. The van der Waals surface area contributed by atoms with E-state index in [1.807, 2.05) is 66.1 Å². The SMILES string of the molecule is CC(C)c1ccc(COc2ccc(-c3c(-c4ccncc4)nn4c3C(=O)N(C)C(CCC(C)(C)[Si](C)(C)O)C4)cc2)cc1. The summed E-state index contributed by atoms with van der Waals surface area (Å²) in [6, 6.07) is 20.4. The first-order valence-corrected chi connectivity index (χ1v) is 18.1. The van der Waals surface area contributed by atoms with Crippen molar-refractivity contribution in [2.45, 2.75) is 83.8 Å². The molecule has 0 aliphatic carbocycles. The fourth-order valence-corrected chi connectivity index (χ4v) is 6.21. The summed E-state index contributed by atoms with van der Waals surface area (Å²) in [6.45, 7) is 13.7. The Balaban J connectivity index is 1.42.